The summed E-state index contributed by atoms with van der Waals surface area (Å²) in [6, 6.07) is 14.9. The number of hydrogen-bond donors (Lipinski definition) is 1. The van der Waals surface area contributed by atoms with Crippen LogP contribution in [0.1, 0.15) is 43.4 Å². The number of hydrogen-bond acceptors (Lipinski definition) is 9. The van der Waals surface area contributed by atoms with Crippen LogP contribution < -0.4 is 14.5 Å². The molecular formula is C34H40ClN7O4. The van der Waals surface area contributed by atoms with Crippen molar-refractivity contribution in [3.63, 3.8) is 0 Å². The van der Waals surface area contributed by atoms with Crippen LogP contribution in [-0.4, -0.2) is 102 Å². The van der Waals surface area contributed by atoms with E-state index in [1.54, 1.807) is 0 Å². The summed E-state index contributed by atoms with van der Waals surface area (Å²) in [6.45, 7) is 6.17. The molecule has 0 spiro atoms. The van der Waals surface area contributed by atoms with Crippen molar-refractivity contribution in [3.8, 4) is 12.1 Å². The van der Waals surface area contributed by atoms with E-state index in [1.807, 2.05) is 12.1 Å². The lowest BCUT2D eigenvalue weighted by Gasteiger charge is -2.41. The Morgan fingerprint density at radius 3 is 2.57 bits per heavy atom. The highest BCUT2D eigenvalue weighted by Crippen LogP contribution is 2.37. The molecule has 0 aliphatic carbocycles. The van der Waals surface area contributed by atoms with E-state index in [-0.39, 0.29) is 12.5 Å². The lowest BCUT2D eigenvalue weighted by molar-refractivity contribution is 0.00868. The minimum absolute atomic E-state index is 0.0220. The van der Waals surface area contributed by atoms with Crippen molar-refractivity contribution >= 4 is 40.0 Å². The Bertz CT molecular complexity index is 1610. The summed E-state index contributed by atoms with van der Waals surface area (Å²) in [5, 5.41) is 22.1. The van der Waals surface area contributed by atoms with Gasteiger partial charge in [-0.25, -0.2) is 4.79 Å². The molecule has 3 aromatic rings. The van der Waals surface area contributed by atoms with Crippen LogP contribution in [0.3, 0.4) is 0 Å². The molecule has 4 aliphatic heterocycles. The molecule has 0 unspecified atom stereocenters. The first-order valence-corrected chi connectivity index (χ1v) is 16.8. The highest BCUT2D eigenvalue weighted by molar-refractivity contribution is 6.36. The third-order valence-corrected chi connectivity index (χ3v) is 10.3. The van der Waals surface area contributed by atoms with Crippen LogP contribution in [0.4, 0.5) is 16.3 Å². The van der Waals surface area contributed by atoms with Crippen molar-refractivity contribution in [2.24, 2.45) is 0 Å². The predicted molar refractivity (Wildman–Crippen MR) is 176 cm³/mol. The van der Waals surface area contributed by atoms with Gasteiger partial charge in [0, 0.05) is 75.2 Å². The molecule has 0 bridgehead atoms. The van der Waals surface area contributed by atoms with Crippen LogP contribution >= 0.6 is 11.6 Å². The van der Waals surface area contributed by atoms with E-state index in [1.165, 1.54) is 4.90 Å². The number of nitriles is 1. The lowest BCUT2D eigenvalue weighted by Crippen LogP contribution is -2.55. The van der Waals surface area contributed by atoms with Crippen molar-refractivity contribution in [1.82, 2.24) is 19.8 Å². The van der Waals surface area contributed by atoms with Gasteiger partial charge >= 0.3 is 12.1 Å². The number of ether oxygens (including phenoxy) is 2. The molecule has 0 radical (unpaired) electrons. The van der Waals surface area contributed by atoms with Gasteiger partial charge in [0.1, 0.15) is 11.9 Å². The maximum absolute atomic E-state index is 11.9. The van der Waals surface area contributed by atoms with Crippen molar-refractivity contribution in [2.75, 3.05) is 62.3 Å². The molecule has 46 heavy (non-hydrogen) atoms. The first kappa shape index (κ1) is 30.8. The average molecular weight is 646 g/mol. The van der Waals surface area contributed by atoms with E-state index >= 15 is 0 Å². The second-order valence-corrected chi connectivity index (χ2v) is 13.1. The standard InChI is InChI=1S/C34H40ClN7O4/c35-28-5-1-3-23-4-2-6-30(31(23)28)40-16-10-27-29(22-40)37-33(46-26-8-14-39(15-9-26)24-11-19-45-20-12-24)38-32(27)41-17-18-42(34(43)44)25(21-41)7-13-36/h1-6,24-26H,7-12,14-22H2,(H,43,44)/t25-/m0/s1. The fourth-order valence-corrected chi connectivity index (χ4v) is 7.86. The second-order valence-electron chi connectivity index (χ2n) is 12.7. The summed E-state index contributed by atoms with van der Waals surface area (Å²) in [5.74, 6) is 0.795. The summed E-state index contributed by atoms with van der Waals surface area (Å²) in [7, 11) is 0. The van der Waals surface area contributed by atoms with Gasteiger partial charge in [0.05, 0.1) is 35.8 Å². The summed E-state index contributed by atoms with van der Waals surface area (Å²) >= 11 is 6.72. The molecule has 11 nitrogen and oxygen atoms in total. The second kappa shape index (κ2) is 13.5. The highest BCUT2D eigenvalue weighted by Gasteiger charge is 2.35. The van der Waals surface area contributed by atoms with Gasteiger partial charge in [-0.15, -0.1) is 0 Å². The van der Waals surface area contributed by atoms with Gasteiger partial charge in [-0.05, 0) is 49.6 Å². The zero-order valence-electron chi connectivity index (χ0n) is 26.0. The molecule has 4 aliphatic rings. The fourth-order valence-electron chi connectivity index (χ4n) is 7.59. The Labute approximate surface area is 274 Å². The molecule has 0 saturated carbocycles. The normalized spacial score (nSPS) is 21.7. The van der Waals surface area contributed by atoms with Crippen molar-refractivity contribution in [3.05, 3.63) is 52.7 Å². The number of carbonyl (C=O) groups is 1. The van der Waals surface area contributed by atoms with Crippen LogP contribution in [0.5, 0.6) is 6.01 Å². The van der Waals surface area contributed by atoms with E-state index in [0.29, 0.717) is 38.2 Å². The molecule has 3 fully saturated rings. The highest BCUT2D eigenvalue weighted by atomic mass is 35.5. The molecule has 2 aromatic carbocycles. The molecule has 1 aromatic heterocycles. The Balaban J connectivity index is 1.17. The largest absolute Gasteiger partial charge is 0.465 e. The van der Waals surface area contributed by atoms with Crippen molar-refractivity contribution in [1.29, 1.82) is 5.26 Å². The SMILES string of the molecule is N#CC[C@H]1CN(c2nc(OC3CCN(C4CCOCC4)CC3)nc3c2CCN(c2cccc4cccc(Cl)c24)C3)CCN1C(=O)O. The maximum atomic E-state index is 11.9. The topological polar surface area (TPSA) is 118 Å². The van der Waals surface area contributed by atoms with E-state index < -0.39 is 12.1 Å². The van der Waals surface area contributed by atoms with Crippen LogP contribution in [0.15, 0.2) is 36.4 Å². The van der Waals surface area contributed by atoms with Gasteiger partial charge in [0.2, 0.25) is 0 Å². The maximum Gasteiger partial charge on any atom is 0.407 e. The van der Waals surface area contributed by atoms with E-state index in [0.717, 1.165) is 104 Å². The van der Waals surface area contributed by atoms with Crippen LogP contribution in [0.2, 0.25) is 5.02 Å². The van der Waals surface area contributed by atoms with E-state index in [2.05, 4.69) is 45.0 Å². The van der Waals surface area contributed by atoms with Crippen LogP contribution in [0, 0.1) is 11.3 Å². The summed E-state index contributed by atoms with van der Waals surface area (Å²) in [6.07, 6.45) is 3.87. The Morgan fingerprint density at radius 2 is 1.80 bits per heavy atom. The van der Waals surface area contributed by atoms with Gasteiger partial charge in [-0.3, -0.25) is 4.90 Å². The van der Waals surface area contributed by atoms with E-state index in [9.17, 15) is 15.2 Å². The monoisotopic (exact) mass is 645 g/mol. The minimum atomic E-state index is -0.995. The number of piperidine rings is 1. The third kappa shape index (κ3) is 6.26. The Kier molecular flexibility index (Phi) is 9.02. The Morgan fingerprint density at radius 1 is 1.02 bits per heavy atom. The molecule has 3 saturated heterocycles. The minimum Gasteiger partial charge on any atom is -0.465 e. The number of anilines is 2. The summed E-state index contributed by atoms with van der Waals surface area (Å²) in [5.41, 5.74) is 3.04. The number of nitrogens with zero attached hydrogens (tertiary/aromatic N) is 7. The number of amides is 1. The number of benzene rings is 2. The summed E-state index contributed by atoms with van der Waals surface area (Å²) < 4.78 is 12.1. The zero-order valence-corrected chi connectivity index (χ0v) is 26.7. The smallest absolute Gasteiger partial charge is 0.407 e. The molecule has 242 valence electrons. The molecule has 1 N–H and O–H groups in total. The first-order chi connectivity index (χ1) is 22.5. The van der Waals surface area contributed by atoms with Gasteiger partial charge in [0.15, 0.2) is 0 Å². The van der Waals surface area contributed by atoms with E-state index in [4.69, 9.17) is 31.0 Å². The number of fused-ring (bicyclic) bond motifs is 2. The molecule has 12 heteroatoms. The number of carboxylic acid groups (broad SMARTS) is 1. The Hall–Kier alpha value is -3.85. The van der Waals surface area contributed by atoms with Crippen molar-refractivity contribution < 1.29 is 19.4 Å². The summed E-state index contributed by atoms with van der Waals surface area (Å²) in [4.78, 5) is 30.4. The van der Waals surface area contributed by atoms with Gasteiger partial charge in [-0.2, -0.15) is 15.2 Å². The lowest BCUT2D eigenvalue weighted by atomic mass is 10.0. The molecule has 5 heterocycles. The molecule has 7 rings (SSSR count). The van der Waals surface area contributed by atoms with Crippen LogP contribution in [-0.2, 0) is 17.7 Å². The number of halogens is 1. The quantitative estimate of drug-likeness (QED) is 0.394. The number of piperazine rings is 1. The fraction of sp³-hybridized carbons (Fsp3) is 0.529. The zero-order chi connectivity index (χ0) is 31.6. The van der Waals surface area contributed by atoms with Gasteiger partial charge in [-0.1, -0.05) is 35.9 Å². The van der Waals surface area contributed by atoms with Gasteiger partial charge < -0.3 is 29.3 Å². The molecule has 1 amide bonds. The van der Waals surface area contributed by atoms with Crippen LogP contribution in [0.25, 0.3) is 10.8 Å². The number of rotatable bonds is 6. The molecular weight excluding hydrogens is 606 g/mol. The number of aromatic nitrogens is 2. The average Bonchev–Trinajstić information content (AvgIpc) is 3.08. The predicted octanol–water partition coefficient (Wildman–Crippen LogP) is 4.95. The van der Waals surface area contributed by atoms with Gasteiger partial charge in [0.25, 0.3) is 0 Å². The molecule has 1 atom stereocenters. The first-order valence-electron chi connectivity index (χ1n) is 16.4. The third-order valence-electron chi connectivity index (χ3n) is 10.0. The van der Waals surface area contributed by atoms with Crippen molar-refractivity contribution in [2.45, 2.75) is 63.3 Å². The number of likely N-dealkylation sites (tertiary alicyclic amines) is 1.